The van der Waals surface area contributed by atoms with Crippen LogP contribution < -0.4 is 10.0 Å². The molecule has 0 fully saturated rings. The summed E-state index contributed by atoms with van der Waals surface area (Å²) in [6, 6.07) is 21.0. The molecule has 3 aromatic rings. The number of anilines is 1. The first-order chi connectivity index (χ1) is 15.5. The lowest BCUT2D eigenvalue weighted by molar-refractivity contribution is 0.0942. The summed E-state index contributed by atoms with van der Waals surface area (Å²) in [6.45, 7) is 1.60. The van der Waals surface area contributed by atoms with Gasteiger partial charge in [-0.1, -0.05) is 42.5 Å². The van der Waals surface area contributed by atoms with Crippen molar-refractivity contribution in [3.8, 4) is 0 Å². The van der Waals surface area contributed by atoms with Crippen molar-refractivity contribution in [3.05, 3.63) is 95.8 Å². The first-order valence-electron chi connectivity index (χ1n) is 10.2. The van der Waals surface area contributed by atoms with Gasteiger partial charge in [0.2, 0.25) is 0 Å². The maximum atomic E-state index is 13.7. The Hall–Kier alpha value is -3.23. The highest BCUT2D eigenvalue weighted by molar-refractivity contribution is 7.92. The predicted octanol–water partition coefficient (Wildman–Crippen LogP) is 4.01. The van der Waals surface area contributed by atoms with E-state index in [1.165, 1.54) is 54.1 Å². The van der Waals surface area contributed by atoms with Crippen LogP contribution in [-0.4, -0.2) is 34.1 Å². The molecule has 0 spiro atoms. The van der Waals surface area contributed by atoms with Crippen molar-refractivity contribution in [3.63, 3.8) is 0 Å². The fraction of sp³-hybridized carbons (Fsp3) is 0.208. The molecular formula is C24H25FN2O4S. The fourth-order valence-electron chi connectivity index (χ4n) is 2.95. The smallest absolute Gasteiger partial charge is 0.261 e. The minimum Gasteiger partial charge on any atom is -0.381 e. The van der Waals surface area contributed by atoms with Crippen LogP contribution in [0.5, 0.6) is 0 Å². The number of hydrogen-bond donors (Lipinski definition) is 2. The number of ether oxygens (including phenoxy) is 1. The molecule has 32 heavy (non-hydrogen) atoms. The molecule has 0 aliphatic rings. The molecular weight excluding hydrogens is 431 g/mol. The molecule has 0 saturated carbocycles. The van der Waals surface area contributed by atoms with E-state index in [9.17, 15) is 17.6 Å². The highest BCUT2D eigenvalue weighted by Gasteiger charge is 2.16. The Labute approximate surface area is 187 Å². The quantitative estimate of drug-likeness (QED) is 0.427. The first-order valence-corrected chi connectivity index (χ1v) is 11.7. The normalized spacial score (nSPS) is 11.2. The molecule has 3 rings (SSSR count). The molecule has 0 atom stereocenters. The highest BCUT2D eigenvalue weighted by atomic mass is 32.2. The number of rotatable bonds is 11. The second kappa shape index (κ2) is 11.4. The largest absolute Gasteiger partial charge is 0.381 e. The van der Waals surface area contributed by atoms with Crippen molar-refractivity contribution in [2.24, 2.45) is 0 Å². The molecule has 0 aromatic heterocycles. The third-order valence-corrected chi connectivity index (χ3v) is 6.06. The average Bonchev–Trinajstić information content (AvgIpc) is 2.80. The van der Waals surface area contributed by atoms with E-state index in [0.29, 0.717) is 31.7 Å². The van der Waals surface area contributed by atoms with E-state index in [1.807, 2.05) is 18.2 Å². The van der Waals surface area contributed by atoms with Gasteiger partial charge < -0.3 is 10.1 Å². The standard InChI is InChI=1S/C24H25FN2O4S/c25-22-9-4-5-10-23(22)27-32(29,30)21-13-11-20(12-14-21)24(28)26-16-6-17-31-18-15-19-7-2-1-3-8-19/h1-5,7-14,27H,6,15-18H2,(H,26,28). The van der Waals surface area contributed by atoms with Crippen molar-refractivity contribution in [2.45, 2.75) is 17.7 Å². The second-order valence-electron chi connectivity index (χ2n) is 7.07. The number of nitrogens with one attached hydrogen (secondary N) is 2. The van der Waals surface area contributed by atoms with Crippen LogP contribution in [0.1, 0.15) is 22.3 Å². The van der Waals surface area contributed by atoms with Crippen LogP contribution in [0.2, 0.25) is 0 Å². The van der Waals surface area contributed by atoms with Crippen molar-refractivity contribution < 1.29 is 22.3 Å². The van der Waals surface area contributed by atoms with Gasteiger partial charge in [-0.3, -0.25) is 9.52 Å². The number of benzene rings is 3. The molecule has 3 aromatic carbocycles. The molecule has 1 amide bonds. The van der Waals surface area contributed by atoms with Crippen molar-refractivity contribution >= 4 is 21.6 Å². The summed E-state index contributed by atoms with van der Waals surface area (Å²) in [7, 11) is -3.97. The molecule has 0 radical (unpaired) electrons. The lowest BCUT2D eigenvalue weighted by Gasteiger charge is -2.10. The molecule has 8 heteroatoms. The minimum absolute atomic E-state index is 0.0656. The minimum atomic E-state index is -3.97. The Bertz CT molecular complexity index is 1120. The van der Waals surface area contributed by atoms with Crippen LogP contribution in [0.4, 0.5) is 10.1 Å². The van der Waals surface area contributed by atoms with Crippen molar-refractivity contribution in [2.75, 3.05) is 24.5 Å². The van der Waals surface area contributed by atoms with Gasteiger partial charge in [-0.05, 0) is 54.8 Å². The maximum absolute atomic E-state index is 13.7. The van der Waals surface area contributed by atoms with Gasteiger partial charge in [0.25, 0.3) is 15.9 Å². The van der Waals surface area contributed by atoms with Crippen LogP contribution in [0.25, 0.3) is 0 Å². The first kappa shape index (κ1) is 23.4. The monoisotopic (exact) mass is 456 g/mol. The summed E-state index contributed by atoms with van der Waals surface area (Å²) in [5, 5.41) is 2.78. The summed E-state index contributed by atoms with van der Waals surface area (Å²) in [6.07, 6.45) is 1.51. The van der Waals surface area contributed by atoms with Crippen LogP contribution in [-0.2, 0) is 21.2 Å². The third kappa shape index (κ3) is 6.90. The summed E-state index contributed by atoms with van der Waals surface area (Å²) in [5.74, 6) is -0.976. The predicted molar refractivity (Wildman–Crippen MR) is 122 cm³/mol. The zero-order chi connectivity index (χ0) is 22.8. The molecule has 0 heterocycles. The Morgan fingerprint density at radius 2 is 1.56 bits per heavy atom. The summed E-state index contributed by atoms with van der Waals surface area (Å²) in [5.41, 5.74) is 1.41. The van der Waals surface area contributed by atoms with Gasteiger partial charge in [-0.25, -0.2) is 12.8 Å². The third-order valence-electron chi connectivity index (χ3n) is 4.67. The highest BCUT2D eigenvalue weighted by Crippen LogP contribution is 2.19. The fourth-order valence-corrected chi connectivity index (χ4v) is 4.02. The second-order valence-corrected chi connectivity index (χ2v) is 8.75. The molecule has 0 aliphatic carbocycles. The zero-order valence-electron chi connectivity index (χ0n) is 17.5. The molecule has 0 aliphatic heterocycles. The summed E-state index contributed by atoms with van der Waals surface area (Å²) in [4.78, 5) is 12.2. The van der Waals surface area contributed by atoms with Crippen molar-refractivity contribution in [1.82, 2.24) is 5.32 Å². The SMILES string of the molecule is O=C(NCCCOCCc1ccccc1)c1ccc(S(=O)(=O)Nc2ccccc2F)cc1. The van der Waals surface area contributed by atoms with Gasteiger partial charge in [0.05, 0.1) is 17.2 Å². The number of halogens is 1. The zero-order valence-corrected chi connectivity index (χ0v) is 18.3. The lowest BCUT2D eigenvalue weighted by atomic mass is 10.2. The van der Waals surface area contributed by atoms with Crippen LogP contribution >= 0.6 is 0 Å². The molecule has 6 nitrogen and oxygen atoms in total. The van der Waals surface area contributed by atoms with Crippen LogP contribution in [0.15, 0.2) is 83.8 Å². The average molecular weight is 457 g/mol. The van der Waals surface area contributed by atoms with E-state index < -0.39 is 15.8 Å². The Morgan fingerprint density at radius 3 is 2.28 bits per heavy atom. The Kier molecular flexibility index (Phi) is 8.35. The Balaban J connectivity index is 1.41. The number of carbonyl (C=O) groups excluding carboxylic acids is 1. The molecule has 0 saturated heterocycles. The summed E-state index contributed by atoms with van der Waals surface area (Å²) < 4.78 is 46.4. The van der Waals surface area contributed by atoms with E-state index in [1.54, 1.807) is 0 Å². The van der Waals surface area contributed by atoms with E-state index in [4.69, 9.17) is 4.74 Å². The van der Waals surface area contributed by atoms with Crippen molar-refractivity contribution in [1.29, 1.82) is 0 Å². The van der Waals surface area contributed by atoms with Crippen LogP contribution in [0, 0.1) is 5.82 Å². The number of carbonyl (C=O) groups is 1. The van der Waals surface area contributed by atoms with Gasteiger partial charge in [0.15, 0.2) is 0 Å². The number of sulfonamides is 1. The van der Waals surface area contributed by atoms with Gasteiger partial charge in [0.1, 0.15) is 5.82 Å². The van der Waals surface area contributed by atoms with E-state index >= 15 is 0 Å². The number of para-hydroxylation sites is 1. The van der Waals surface area contributed by atoms with Gasteiger partial charge in [0, 0.05) is 18.7 Å². The molecule has 0 bridgehead atoms. The summed E-state index contributed by atoms with van der Waals surface area (Å²) >= 11 is 0. The molecule has 0 unspecified atom stereocenters. The van der Waals surface area contributed by atoms with E-state index in [-0.39, 0.29) is 16.5 Å². The molecule has 168 valence electrons. The number of hydrogen-bond acceptors (Lipinski definition) is 4. The topological polar surface area (TPSA) is 84.5 Å². The maximum Gasteiger partial charge on any atom is 0.261 e. The van der Waals surface area contributed by atoms with E-state index in [0.717, 1.165) is 6.42 Å². The number of amides is 1. The van der Waals surface area contributed by atoms with E-state index in [2.05, 4.69) is 22.2 Å². The van der Waals surface area contributed by atoms with Gasteiger partial charge >= 0.3 is 0 Å². The molecule has 2 N–H and O–H groups in total. The van der Waals surface area contributed by atoms with Crippen LogP contribution in [0.3, 0.4) is 0 Å². The lowest BCUT2D eigenvalue weighted by Crippen LogP contribution is -2.25. The van der Waals surface area contributed by atoms with Gasteiger partial charge in [-0.2, -0.15) is 0 Å². The van der Waals surface area contributed by atoms with Gasteiger partial charge in [-0.15, -0.1) is 0 Å². The Morgan fingerprint density at radius 1 is 0.875 bits per heavy atom.